The van der Waals surface area contributed by atoms with Gasteiger partial charge in [0.1, 0.15) is 5.75 Å². The molecule has 16 nitrogen and oxygen atoms in total. The normalized spacial score (nSPS) is 14.5. The van der Waals surface area contributed by atoms with Crippen molar-refractivity contribution in [2.45, 2.75) is 83.0 Å². The number of piperidine rings is 3. The van der Waals surface area contributed by atoms with Gasteiger partial charge >= 0.3 is 0 Å². The number of benzene rings is 3. The molecule has 3 aliphatic rings. The van der Waals surface area contributed by atoms with Crippen LogP contribution in [0.5, 0.6) is 5.75 Å². The highest BCUT2D eigenvalue weighted by Gasteiger charge is 2.27. The van der Waals surface area contributed by atoms with Gasteiger partial charge in [-0.3, -0.25) is 29.3 Å². The van der Waals surface area contributed by atoms with Crippen molar-refractivity contribution in [3.05, 3.63) is 174 Å². The van der Waals surface area contributed by atoms with Gasteiger partial charge in [0.2, 0.25) is 15.9 Å². The Labute approximate surface area is 529 Å². The van der Waals surface area contributed by atoms with Gasteiger partial charge in [0.25, 0.3) is 11.8 Å². The number of hydrogen-bond acceptors (Lipinski definition) is 12. The van der Waals surface area contributed by atoms with Gasteiger partial charge in [-0.05, 0) is 186 Å². The molecule has 0 saturated carbocycles. The number of aryl methyl sites for hydroxylation is 2. The number of halogens is 3. The van der Waals surface area contributed by atoms with Crippen LogP contribution in [0.1, 0.15) is 96.1 Å². The Kier molecular flexibility index (Phi) is 31.9. The van der Waals surface area contributed by atoms with Gasteiger partial charge in [-0.2, -0.15) is 0 Å². The van der Waals surface area contributed by atoms with Gasteiger partial charge < -0.3 is 34.6 Å². The fraction of sp³-hybridized carbons (Fsp3) is 0.455. The predicted molar refractivity (Wildman–Crippen MR) is 353 cm³/mol. The number of amides is 3. The molecule has 0 spiro atoms. The summed E-state index contributed by atoms with van der Waals surface area (Å²) in [6, 6.07) is 34.2. The molecule has 0 aliphatic carbocycles. The lowest BCUT2D eigenvalue weighted by Gasteiger charge is -2.34. The number of sulfonamides is 1. The molecular weight excluding hydrogens is 1170 g/mol. The van der Waals surface area contributed by atoms with Crippen molar-refractivity contribution in [3.8, 4) is 5.75 Å². The van der Waals surface area contributed by atoms with Crippen molar-refractivity contribution >= 4 is 75.5 Å². The summed E-state index contributed by atoms with van der Waals surface area (Å²) in [4.78, 5) is 59.7. The minimum Gasteiger partial charge on any atom is -0.497 e. The van der Waals surface area contributed by atoms with Gasteiger partial charge in [-0.1, -0.05) is 48.0 Å². The van der Waals surface area contributed by atoms with Crippen LogP contribution in [0.2, 0.25) is 5.02 Å². The highest BCUT2D eigenvalue weighted by atomic mass is 35.5. The number of methoxy groups -OCH3 is 1. The monoisotopic (exact) mass is 1260 g/mol. The van der Waals surface area contributed by atoms with Crippen molar-refractivity contribution < 1.29 is 27.5 Å². The van der Waals surface area contributed by atoms with Crippen LogP contribution in [0.4, 0.5) is 11.4 Å². The van der Waals surface area contributed by atoms with E-state index in [1.54, 1.807) is 69.6 Å². The van der Waals surface area contributed by atoms with E-state index in [9.17, 15) is 22.8 Å². The first-order chi connectivity index (χ1) is 40.5. The van der Waals surface area contributed by atoms with Crippen LogP contribution in [0.25, 0.3) is 0 Å². The smallest absolute Gasteiger partial charge is 0.253 e. The van der Waals surface area contributed by atoms with E-state index in [0.29, 0.717) is 35.3 Å². The second-order valence-electron chi connectivity index (χ2n) is 22.2. The number of hydrogen-bond donors (Lipinski definition) is 1. The molecule has 3 amide bonds. The number of aromatic nitrogens is 3. The SMILES string of the molecule is CN(CCC1CCN(c2ccncc2)CC1)C(=O)c1ccccc1.CN(CCC1CCNCC1)C(=O)c1ccccc1.COc1cc(C)c(S(=O)(=O)N(C)CCC(=O)N(C)CCC2CCN(c3ccncc3)CC2)c(C)c1.Cl.Cl.Clc1ccncc1. The highest BCUT2D eigenvalue weighted by Crippen LogP contribution is 2.29. The Morgan fingerprint density at radius 1 is 0.558 bits per heavy atom. The van der Waals surface area contributed by atoms with E-state index in [2.05, 4.69) is 42.2 Å². The fourth-order valence-corrected chi connectivity index (χ4v) is 12.5. The van der Waals surface area contributed by atoms with Crippen LogP contribution in [-0.2, 0) is 14.8 Å². The first-order valence-corrected chi connectivity index (χ1v) is 31.4. The summed E-state index contributed by atoms with van der Waals surface area (Å²) in [5.41, 5.74) is 5.29. The maximum Gasteiger partial charge on any atom is 0.253 e. The molecule has 0 atom stereocenters. The molecule has 6 heterocycles. The maximum absolute atomic E-state index is 13.2. The minimum atomic E-state index is -3.71. The van der Waals surface area contributed by atoms with Gasteiger partial charge in [0.15, 0.2) is 0 Å². The predicted octanol–water partition coefficient (Wildman–Crippen LogP) is 11.7. The summed E-state index contributed by atoms with van der Waals surface area (Å²) in [7, 11) is 4.99. The number of nitrogens with one attached hydrogen (secondary N) is 1. The number of carbonyl (C=O) groups excluding carboxylic acids is 3. The lowest BCUT2D eigenvalue weighted by molar-refractivity contribution is -0.130. The molecule has 0 bridgehead atoms. The Balaban J connectivity index is 0.000000269. The van der Waals surface area contributed by atoms with Crippen molar-refractivity contribution in [2.24, 2.45) is 17.8 Å². The highest BCUT2D eigenvalue weighted by molar-refractivity contribution is 7.89. The molecule has 3 aromatic carbocycles. The van der Waals surface area contributed by atoms with E-state index in [1.807, 2.05) is 121 Å². The summed E-state index contributed by atoms with van der Waals surface area (Å²) in [5, 5.41) is 4.10. The molecule has 6 aromatic rings. The number of nitrogens with zero attached hydrogens (tertiary/aromatic N) is 9. The molecule has 9 rings (SSSR count). The fourth-order valence-electron chi connectivity index (χ4n) is 10.8. The maximum atomic E-state index is 13.2. The Bertz CT molecular complexity index is 2980. The number of anilines is 2. The molecule has 0 radical (unpaired) electrons. The topological polar surface area (TPSA) is 165 Å². The average molecular weight is 1260 g/mol. The van der Waals surface area contributed by atoms with Crippen LogP contribution < -0.4 is 19.9 Å². The average Bonchev–Trinajstić information content (AvgIpc) is 2.40. The third kappa shape index (κ3) is 23.4. The molecule has 3 aliphatic heterocycles. The van der Waals surface area contributed by atoms with Crippen molar-refractivity contribution in [2.75, 3.05) is 111 Å². The largest absolute Gasteiger partial charge is 0.497 e. The molecule has 3 saturated heterocycles. The third-order valence-electron chi connectivity index (χ3n) is 16.1. The van der Waals surface area contributed by atoms with Crippen LogP contribution in [0, 0.1) is 31.6 Å². The Morgan fingerprint density at radius 3 is 1.30 bits per heavy atom. The quantitative estimate of drug-likeness (QED) is 0.0817. The molecule has 3 fully saturated rings. The summed E-state index contributed by atoms with van der Waals surface area (Å²) in [6.45, 7) is 12.5. The summed E-state index contributed by atoms with van der Waals surface area (Å²) in [6.07, 6.45) is 21.1. The molecule has 0 unspecified atom stereocenters. The zero-order valence-electron chi connectivity index (χ0n) is 51.3. The van der Waals surface area contributed by atoms with Crippen LogP contribution in [-0.4, -0.2) is 161 Å². The van der Waals surface area contributed by atoms with Crippen molar-refractivity contribution in [1.29, 1.82) is 0 Å². The molecule has 468 valence electrons. The number of rotatable bonds is 19. The molecule has 20 heteroatoms. The van der Waals surface area contributed by atoms with E-state index in [1.165, 1.54) is 48.4 Å². The summed E-state index contributed by atoms with van der Waals surface area (Å²) >= 11 is 5.50. The molecule has 86 heavy (non-hydrogen) atoms. The second kappa shape index (κ2) is 38.0. The van der Waals surface area contributed by atoms with Crippen molar-refractivity contribution in [3.63, 3.8) is 0 Å². The molecular formula is C66H91Cl3N10O6S. The van der Waals surface area contributed by atoms with Gasteiger partial charge in [0, 0.05) is 152 Å². The Hall–Kier alpha value is -6.34. The minimum absolute atomic E-state index is 0. The van der Waals surface area contributed by atoms with Gasteiger partial charge in [-0.15, -0.1) is 24.8 Å². The third-order valence-corrected chi connectivity index (χ3v) is 18.6. The first-order valence-electron chi connectivity index (χ1n) is 29.6. The molecule has 3 aromatic heterocycles. The number of pyridine rings is 3. The first kappa shape index (κ1) is 72.1. The van der Waals surface area contributed by atoms with E-state index in [-0.39, 0.29) is 60.4 Å². The van der Waals surface area contributed by atoms with E-state index in [4.69, 9.17) is 16.3 Å². The van der Waals surface area contributed by atoms with E-state index < -0.39 is 10.0 Å². The number of ether oxygens (including phenoxy) is 1. The zero-order valence-corrected chi connectivity index (χ0v) is 54.5. The van der Waals surface area contributed by atoms with Crippen LogP contribution >= 0.6 is 36.4 Å². The van der Waals surface area contributed by atoms with Crippen molar-refractivity contribution in [1.82, 2.24) is 39.3 Å². The lowest BCUT2D eigenvalue weighted by Crippen LogP contribution is -2.37. The van der Waals surface area contributed by atoms with E-state index >= 15 is 0 Å². The standard InChI is InChI=1S/C26H38N4O4S.C20H25N3O.C15H22N2O.C5H4ClN.2ClH/c1-20-18-24(34-5)19-21(2)26(20)35(32,33)29(4)15-11-25(31)28(3)14-8-22-9-16-30(17-10-22)23-6-12-27-13-7-23;1-22(20(24)18-5-3-2-4-6-18)14-9-17-10-15-23(16-11-17)19-7-12-21-13-8-19;1-17(12-9-13-7-10-16-11-8-13)15(18)14-5-3-2-4-6-14;6-5-1-3-7-4-2-5;;/h6-7,12-13,18-19,22H,8-11,14-17H2,1-5H3;2-8,12-13,17H,9-11,14-16H2,1H3;2-6,13,16H,7-12H2,1H3;1-4H;2*1H. The van der Waals surface area contributed by atoms with Gasteiger partial charge in [0.05, 0.1) is 12.0 Å². The summed E-state index contributed by atoms with van der Waals surface area (Å²) in [5.74, 6) is 2.90. The second-order valence-corrected chi connectivity index (χ2v) is 24.6. The Morgan fingerprint density at radius 2 is 0.930 bits per heavy atom. The van der Waals surface area contributed by atoms with Gasteiger partial charge in [-0.25, -0.2) is 12.7 Å². The summed E-state index contributed by atoms with van der Waals surface area (Å²) < 4.78 is 32.9. The number of carbonyl (C=O) groups is 3. The lowest BCUT2D eigenvalue weighted by atomic mass is 9.93. The van der Waals surface area contributed by atoms with E-state index in [0.717, 1.165) is 107 Å². The zero-order chi connectivity index (χ0) is 60.3. The van der Waals surface area contributed by atoms with Crippen LogP contribution in [0.15, 0.2) is 151 Å². The van der Waals surface area contributed by atoms with Crippen LogP contribution in [0.3, 0.4) is 0 Å². The molecule has 1 N–H and O–H groups in total.